The Labute approximate surface area is 114 Å². The number of ether oxygens (including phenoxy) is 1. The van der Waals surface area contributed by atoms with Crippen LogP contribution in [0, 0.1) is 0 Å². The molecule has 0 radical (unpaired) electrons. The molecular weight excluding hydrogens is 272 g/mol. The van der Waals surface area contributed by atoms with Crippen LogP contribution in [-0.2, 0) is 14.3 Å². The fourth-order valence-electron chi connectivity index (χ4n) is 1.57. The third-order valence-corrected chi connectivity index (χ3v) is 3.61. The Kier molecular flexibility index (Phi) is 3.72. The van der Waals surface area contributed by atoms with Crippen molar-refractivity contribution in [1.29, 1.82) is 0 Å². The molecule has 1 unspecified atom stereocenters. The second kappa shape index (κ2) is 5.11. The Hall–Kier alpha value is -1.34. The minimum atomic E-state index is -1.28. The Balaban J connectivity index is 2.24. The molecule has 0 spiro atoms. The molecule has 5 nitrogen and oxygen atoms in total. The van der Waals surface area contributed by atoms with Gasteiger partial charge in [0.1, 0.15) is 0 Å². The molecule has 0 bridgehead atoms. The van der Waals surface area contributed by atoms with Gasteiger partial charge in [0.2, 0.25) is 5.91 Å². The van der Waals surface area contributed by atoms with Gasteiger partial charge in [0.05, 0.1) is 11.4 Å². The van der Waals surface area contributed by atoms with Crippen LogP contribution in [0.4, 0.5) is 5.69 Å². The zero-order valence-corrected chi connectivity index (χ0v) is 11.3. The quantitative estimate of drug-likeness (QED) is 0.445. The van der Waals surface area contributed by atoms with E-state index in [2.05, 4.69) is 23.3 Å². The van der Waals surface area contributed by atoms with E-state index >= 15 is 0 Å². The molecule has 1 aromatic rings. The molecule has 1 atom stereocenters. The van der Waals surface area contributed by atoms with E-state index in [1.165, 1.54) is 18.7 Å². The second-order valence-corrected chi connectivity index (χ2v) is 5.17. The maximum Gasteiger partial charge on any atom is 0.320 e. The van der Waals surface area contributed by atoms with Gasteiger partial charge >= 0.3 is 11.2 Å². The molecule has 0 saturated heterocycles. The summed E-state index contributed by atoms with van der Waals surface area (Å²) in [5.41, 5.74) is 0.809. The maximum atomic E-state index is 11.5. The van der Waals surface area contributed by atoms with Crippen LogP contribution in [0.1, 0.15) is 6.92 Å². The van der Waals surface area contributed by atoms with E-state index in [1.54, 1.807) is 0 Å². The van der Waals surface area contributed by atoms with Crippen LogP contribution in [0.3, 0.4) is 0 Å². The molecule has 0 aromatic heterocycles. The molecule has 0 aliphatic carbocycles. The largest absolute Gasteiger partial charge is 0.410 e. The van der Waals surface area contributed by atoms with Gasteiger partial charge in [0.25, 0.3) is 0 Å². The molecule has 2 N–H and O–H groups in total. The van der Waals surface area contributed by atoms with E-state index in [-0.39, 0.29) is 11.7 Å². The minimum absolute atomic E-state index is 0.0155. The monoisotopic (exact) mass is 284 g/mol. The summed E-state index contributed by atoms with van der Waals surface area (Å²) < 4.78 is 5.20. The van der Waals surface area contributed by atoms with Crippen LogP contribution in [0.25, 0.3) is 0 Å². The molecule has 1 aromatic carbocycles. The molecular formula is C11H12N2O3S2. The number of rotatable bonds is 3. The number of thiol groups is 1. The highest BCUT2D eigenvalue weighted by molar-refractivity contribution is 8.01. The third kappa shape index (κ3) is 2.73. The van der Waals surface area contributed by atoms with Crippen LogP contribution in [0.2, 0.25) is 0 Å². The highest BCUT2D eigenvalue weighted by Gasteiger charge is 2.42. The van der Waals surface area contributed by atoms with Crippen molar-refractivity contribution in [2.45, 2.75) is 17.0 Å². The molecule has 18 heavy (non-hydrogen) atoms. The van der Waals surface area contributed by atoms with Crippen molar-refractivity contribution in [2.75, 3.05) is 11.1 Å². The van der Waals surface area contributed by atoms with E-state index in [0.717, 1.165) is 10.6 Å². The number of fused-ring (bicyclic) bond motifs is 1. The molecule has 1 aliphatic heterocycles. The number of carbonyl (C=O) groups excluding carboxylic acids is 2. The van der Waals surface area contributed by atoms with Crippen LogP contribution in [0.5, 0.6) is 0 Å². The van der Waals surface area contributed by atoms with Crippen molar-refractivity contribution in [3.8, 4) is 0 Å². The molecule has 1 heterocycles. The topological polar surface area (TPSA) is 67.4 Å². The summed E-state index contributed by atoms with van der Waals surface area (Å²) in [5.74, 6) is -0.795. The normalized spacial score (nSPS) is 20.8. The fourth-order valence-corrected chi connectivity index (χ4v) is 2.82. The summed E-state index contributed by atoms with van der Waals surface area (Å²) in [4.78, 5) is 23.6. The summed E-state index contributed by atoms with van der Waals surface area (Å²) in [5, 5.41) is 4.33. The predicted molar refractivity (Wildman–Crippen MR) is 72.4 cm³/mol. The van der Waals surface area contributed by atoms with Crippen molar-refractivity contribution in [3.63, 3.8) is 0 Å². The number of carbonyl (C=O) groups is 2. The van der Waals surface area contributed by atoms with Gasteiger partial charge in [-0.05, 0) is 23.9 Å². The van der Waals surface area contributed by atoms with Crippen LogP contribution < -0.4 is 10.6 Å². The summed E-state index contributed by atoms with van der Waals surface area (Å²) in [7, 11) is 0. The lowest BCUT2D eigenvalue weighted by molar-refractivity contribution is -0.150. The number of hydrogen-bond acceptors (Lipinski definition) is 6. The van der Waals surface area contributed by atoms with Gasteiger partial charge in [-0.3, -0.25) is 14.9 Å². The zero-order valence-electron chi connectivity index (χ0n) is 9.60. The lowest BCUT2D eigenvalue weighted by Crippen LogP contribution is -2.53. The van der Waals surface area contributed by atoms with Gasteiger partial charge in [-0.25, -0.2) is 0 Å². The first-order chi connectivity index (χ1) is 8.54. The maximum absolute atomic E-state index is 11.5. The van der Waals surface area contributed by atoms with Crippen LogP contribution in [-0.4, -0.2) is 22.8 Å². The van der Waals surface area contributed by atoms with E-state index in [4.69, 9.17) is 4.74 Å². The van der Waals surface area contributed by atoms with Crippen molar-refractivity contribution in [2.24, 2.45) is 0 Å². The molecule has 2 rings (SSSR count). The Bertz CT molecular complexity index is 468. The van der Waals surface area contributed by atoms with Gasteiger partial charge in [-0.15, -0.1) is 0 Å². The number of thioether (sulfide) groups is 1. The minimum Gasteiger partial charge on any atom is -0.410 e. The predicted octanol–water partition coefficient (Wildman–Crippen LogP) is 1.42. The van der Waals surface area contributed by atoms with E-state index < -0.39 is 11.2 Å². The van der Waals surface area contributed by atoms with Crippen molar-refractivity contribution in [3.05, 3.63) is 24.3 Å². The molecule has 1 amide bonds. The number of hydrogen-bond donors (Lipinski definition) is 3. The second-order valence-electron chi connectivity index (χ2n) is 3.64. The van der Waals surface area contributed by atoms with Gasteiger partial charge in [-0.1, -0.05) is 12.1 Å². The zero-order chi connectivity index (χ0) is 13.2. The smallest absolute Gasteiger partial charge is 0.320 e. The number of anilines is 1. The van der Waals surface area contributed by atoms with E-state index in [1.807, 2.05) is 24.3 Å². The third-order valence-electron chi connectivity index (χ3n) is 2.18. The fraction of sp³-hybridized carbons (Fsp3) is 0.273. The Morgan fingerprint density at radius 2 is 2.22 bits per heavy atom. The van der Waals surface area contributed by atoms with Crippen molar-refractivity contribution >= 4 is 42.0 Å². The first kappa shape index (κ1) is 13.1. The molecule has 7 heteroatoms. The van der Waals surface area contributed by atoms with E-state index in [9.17, 15) is 9.59 Å². The average molecular weight is 284 g/mol. The standard InChI is InChI=1S/C11H12N2O3S2/c1-7(14)16-11(13-10(15)6-17)12-8-4-2-3-5-9(8)18-11/h2-5,12,17H,6H2,1H3,(H,13,15). The van der Waals surface area contributed by atoms with E-state index in [0.29, 0.717) is 0 Å². The Morgan fingerprint density at radius 1 is 1.50 bits per heavy atom. The summed E-state index contributed by atoms with van der Waals surface area (Å²) in [6.45, 7) is 1.29. The number of nitrogens with one attached hydrogen (secondary N) is 2. The summed E-state index contributed by atoms with van der Waals surface area (Å²) in [6.07, 6.45) is 0. The van der Waals surface area contributed by atoms with Gasteiger partial charge in [-0.2, -0.15) is 12.6 Å². The number of amides is 1. The highest BCUT2D eigenvalue weighted by atomic mass is 32.2. The molecule has 96 valence electrons. The van der Waals surface area contributed by atoms with Crippen molar-refractivity contribution < 1.29 is 14.3 Å². The van der Waals surface area contributed by atoms with Gasteiger partial charge < -0.3 is 10.1 Å². The van der Waals surface area contributed by atoms with Crippen LogP contribution >= 0.6 is 24.4 Å². The SMILES string of the molecule is CC(=O)OC1(NC(=O)CS)Nc2ccccc2S1. The summed E-state index contributed by atoms with van der Waals surface area (Å²) >= 11 is 5.12. The summed E-state index contributed by atoms with van der Waals surface area (Å²) in [6, 6.07) is 7.46. The number of esters is 1. The lowest BCUT2D eigenvalue weighted by atomic mass is 10.3. The lowest BCUT2D eigenvalue weighted by Gasteiger charge is -2.28. The molecule has 0 fully saturated rings. The average Bonchev–Trinajstić information content (AvgIpc) is 2.65. The number of benzene rings is 1. The number of para-hydroxylation sites is 1. The van der Waals surface area contributed by atoms with Crippen molar-refractivity contribution in [1.82, 2.24) is 5.32 Å². The van der Waals surface area contributed by atoms with Gasteiger partial charge in [0.15, 0.2) is 0 Å². The first-order valence-corrected chi connectivity index (χ1v) is 6.67. The van der Waals surface area contributed by atoms with Crippen LogP contribution in [0.15, 0.2) is 29.2 Å². The highest BCUT2D eigenvalue weighted by Crippen LogP contribution is 2.44. The van der Waals surface area contributed by atoms with Gasteiger partial charge in [0, 0.05) is 11.8 Å². The first-order valence-electron chi connectivity index (χ1n) is 5.22. The Morgan fingerprint density at radius 3 is 2.83 bits per heavy atom. The molecule has 0 saturated carbocycles. The molecule has 1 aliphatic rings.